The van der Waals surface area contributed by atoms with Crippen LogP contribution in [-0.4, -0.2) is 0 Å². The van der Waals surface area contributed by atoms with E-state index in [9.17, 15) is 0 Å². The largest absolute Gasteiger partial charge is 0.0736 e. The monoisotopic (exact) mass is 286 g/mol. The Morgan fingerprint density at radius 1 is 0.550 bits per heavy atom. The van der Waals surface area contributed by atoms with Crippen LogP contribution in [0.5, 0.6) is 0 Å². The molecule has 0 aliphatic heterocycles. The third-order valence-corrected chi connectivity index (χ3v) is 2.27. The van der Waals surface area contributed by atoms with Crippen molar-refractivity contribution in [3.63, 3.8) is 0 Å². The van der Waals surface area contributed by atoms with Gasteiger partial charge in [0.05, 0.1) is 0 Å². The summed E-state index contributed by atoms with van der Waals surface area (Å²) >= 11 is 0. The van der Waals surface area contributed by atoms with Crippen LogP contribution in [0.2, 0.25) is 0 Å². The fraction of sp³-hybridized carbons (Fsp3) is 0.800. The summed E-state index contributed by atoms with van der Waals surface area (Å²) in [5, 5.41) is 0. The van der Waals surface area contributed by atoms with E-state index in [1.54, 1.807) is 0 Å². The predicted octanol–water partition coefficient (Wildman–Crippen LogP) is 8.58. The molecule has 0 unspecified atom stereocenters. The zero-order valence-electron chi connectivity index (χ0n) is 17.0. The summed E-state index contributed by atoms with van der Waals surface area (Å²) in [4.78, 5) is 0. The minimum absolute atomic E-state index is 1.16. The first kappa shape index (κ1) is 31.7. The molecule has 0 aliphatic carbocycles. The Labute approximate surface area is 132 Å². The molecule has 20 heavy (non-hydrogen) atoms. The Bertz CT molecular complexity index is 141. The maximum atomic E-state index is 2.21. The van der Waals surface area contributed by atoms with Crippen molar-refractivity contribution in [1.82, 2.24) is 0 Å². The van der Waals surface area contributed by atoms with Gasteiger partial charge in [-0.25, -0.2) is 0 Å². The zero-order chi connectivity index (χ0) is 17.4. The molecule has 0 spiro atoms. The van der Waals surface area contributed by atoms with E-state index >= 15 is 0 Å². The maximum Gasteiger partial charge on any atom is -0.0349 e. The predicted molar refractivity (Wildman–Crippen MR) is 103 cm³/mol. The molecular formula is C20H46. The lowest BCUT2D eigenvalue weighted by atomic mass is 10.1. The highest BCUT2D eigenvalue weighted by Crippen LogP contribution is 2.02. The molecule has 0 saturated carbocycles. The van der Waals surface area contributed by atoms with E-state index in [0.717, 1.165) is 12.8 Å². The van der Waals surface area contributed by atoms with Gasteiger partial charge in [-0.2, -0.15) is 0 Å². The van der Waals surface area contributed by atoms with E-state index in [-0.39, 0.29) is 0 Å². The van der Waals surface area contributed by atoms with Gasteiger partial charge >= 0.3 is 0 Å². The summed E-state index contributed by atoms with van der Waals surface area (Å²) in [6, 6.07) is 0. The molecule has 0 fully saturated rings. The lowest BCUT2D eigenvalue weighted by molar-refractivity contribution is 0.886. The summed E-state index contributed by atoms with van der Waals surface area (Å²) in [7, 11) is 0. The lowest BCUT2D eigenvalue weighted by Gasteiger charge is -1.92. The molecule has 0 rings (SSSR count). The summed E-state index contributed by atoms with van der Waals surface area (Å²) in [6.45, 7) is 25.1. The maximum absolute atomic E-state index is 2.21. The van der Waals surface area contributed by atoms with Gasteiger partial charge in [-0.1, -0.05) is 105 Å². The SMILES string of the molecule is CC.CC.CC.CC/C(C)=C\C=C(/C)CC.CCCC. The van der Waals surface area contributed by atoms with Crippen molar-refractivity contribution in [3.05, 3.63) is 23.3 Å². The number of unbranched alkanes of at least 4 members (excludes halogenated alkanes) is 1. The van der Waals surface area contributed by atoms with E-state index in [2.05, 4.69) is 53.7 Å². The first-order valence-corrected chi connectivity index (χ1v) is 8.95. The molecule has 0 aromatic carbocycles. The van der Waals surface area contributed by atoms with Gasteiger partial charge in [0.25, 0.3) is 0 Å². The van der Waals surface area contributed by atoms with E-state index in [1.807, 2.05) is 41.5 Å². The molecule has 0 saturated heterocycles. The molecule has 0 amide bonds. The Morgan fingerprint density at radius 3 is 0.850 bits per heavy atom. The van der Waals surface area contributed by atoms with Crippen LogP contribution in [0.25, 0.3) is 0 Å². The second kappa shape index (κ2) is 42.8. The summed E-state index contributed by atoms with van der Waals surface area (Å²) in [5.74, 6) is 0. The van der Waals surface area contributed by atoms with Crippen molar-refractivity contribution < 1.29 is 0 Å². The number of allylic oxidation sites excluding steroid dienone is 4. The van der Waals surface area contributed by atoms with Crippen molar-refractivity contribution in [3.8, 4) is 0 Å². The van der Waals surface area contributed by atoms with Gasteiger partial charge < -0.3 is 0 Å². The molecule has 0 radical (unpaired) electrons. The van der Waals surface area contributed by atoms with Gasteiger partial charge in [0.1, 0.15) is 0 Å². The third kappa shape index (κ3) is 52.8. The fourth-order valence-electron chi connectivity index (χ4n) is 0.520. The topological polar surface area (TPSA) is 0 Å². The first-order chi connectivity index (χ1) is 9.62. The standard InChI is InChI=1S/C10H18.C4H10.3C2H6/c1-5-9(3)7-8-10(4)6-2;1-3-4-2;3*1-2/h7-8H,5-6H2,1-4H3;3-4H2,1-2H3;3*1-2H3/b9-7-,10-8+;;;;. The van der Waals surface area contributed by atoms with Crippen LogP contribution in [0.3, 0.4) is 0 Å². The first-order valence-electron chi connectivity index (χ1n) is 8.95. The molecular weight excluding hydrogens is 240 g/mol. The Morgan fingerprint density at radius 2 is 0.750 bits per heavy atom. The highest BCUT2D eigenvalue weighted by Gasteiger charge is 1.81. The smallest absolute Gasteiger partial charge is 0.0349 e. The van der Waals surface area contributed by atoms with Crippen LogP contribution in [0, 0.1) is 0 Å². The van der Waals surface area contributed by atoms with Crippen LogP contribution in [-0.2, 0) is 0 Å². The highest BCUT2D eigenvalue weighted by atomic mass is 13.9. The van der Waals surface area contributed by atoms with Crippen molar-refractivity contribution >= 4 is 0 Å². The van der Waals surface area contributed by atoms with Gasteiger partial charge in [0, 0.05) is 0 Å². The summed E-state index contributed by atoms with van der Waals surface area (Å²) < 4.78 is 0. The fourth-order valence-corrected chi connectivity index (χ4v) is 0.520. The molecule has 0 nitrogen and oxygen atoms in total. The normalized spacial score (nSPS) is 9.40. The molecule has 0 aromatic heterocycles. The molecule has 0 bridgehead atoms. The van der Waals surface area contributed by atoms with Crippen LogP contribution in [0.4, 0.5) is 0 Å². The van der Waals surface area contributed by atoms with Crippen molar-refractivity contribution in [2.24, 2.45) is 0 Å². The second-order valence-corrected chi connectivity index (χ2v) is 3.73. The Kier molecular flexibility index (Phi) is 68.0. The van der Waals surface area contributed by atoms with Gasteiger partial charge in [-0.15, -0.1) is 0 Å². The van der Waals surface area contributed by atoms with Crippen molar-refractivity contribution in [2.45, 2.75) is 109 Å². The van der Waals surface area contributed by atoms with E-state index < -0.39 is 0 Å². The van der Waals surface area contributed by atoms with E-state index in [1.165, 1.54) is 24.0 Å². The summed E-state index contributed by atoms with van der Waals surface area (Å²) in [5.41, 5.74) is 2.90. The quantitative estimate of drug-likeness (QED) is 0.454. The third-order valence-electron chi connectivity index (χ3n) is 2.27. The van der Waals surface area contributed by atoms with Crippen molar-refractivity contribution in [2.75, 3.05) is 0 Å². The lowest BCUT2D eigenvalue weighted by Crippen LogP contribution is -1.71. The van der Waals surface area contributed by atoms with Crippen LogP contribution in [0.15, 0.2) is 23.3 Å². The minimum atomic E-state index is 1.16. The summed E-state index contributed by atoms with van der Waals surface area (Å²) in [6.07, 6.45) is 9.37. The molecule has 0 atom stereocenters. The second-order valence-electron chi connectivity index (χ2n) is 3.73. The van der Waals surface area contributed by atoms with Gasteiger partial charge in [-0.05, 0) is 26.7 Å². The molecule has 0 N–H and O–H groups in total. The van der Waals surface area contributed by atoms with Crippen molar-refractivity contribution in [1.29, 1.82) is 0 Å². The number of hydrogen-bond donors (Lipinski definition) is 0. The molecule has 0 heterocycles. The van der Waals surface area contributed by atoms with Gasteiger partial charge in [0.15, 0.2) is 0 Å². The highest BCUT2D eigenvalue weighted by molar-refractivity contribution is 5.14. The van der Waals surface area contributed by atoms with Crippen LogP contribution in [0.1, 0.15) is 109 Å². The Hall–Kier alpha value is -0.520. The molecule has 126 valence electrons. The van der Waals surface area contributed by atoms with Crippen LogP contribution < -0.4 is 0 Å². The average Bonchev–Trinajstić information content (AvgIpc) is 2.57. The average molecular weight is 287 g/mol. The Balaban J connectivity index is -0.0000000627. The van der Waals surface area contributed by atoms with E-state index in [0.29, 0.717) is 0 Å². The minimum Gasteiger partial charge on any atom is -0.0736 e. The van der Waals surface area contributed by atoms with E-state index in [4.69, 9.17) is 0 Å². The molecule has 0 aromatic rings. The zero-order valence-corrected chi connectivity index (χ0v) is 17.0. The number of hydrogen-bond acceptors (Lipinski definition) is 0. The van der Waals surface area contributed by atoms with Gasteiger partial charge in [-0.3, -0.25) is 0 Å². The van der Waals surface area contributed by atoms with Crippen LogP contribution >= 0.6 is 0 Å². The van der Waals surface area contributed by atoms with Gasteiger partial charge in [0.2, 0.25) is 0 Å². The molecule has 0 heteroatoms. The number of rotatable bonds is 4. The molecule has 0 aliphatic rings.